The second-order valence-corrected chi connectivity index (χ2v) is 9.09. The van der Waals surface area contributed by atoms with Gasteiger partial charge in [-0.1, -0.05) is 94.7 Å². The second kappa shape index (κ2) is 13.1. The van der Waals surface area contributed by atoms with Gasteiger partial charge in [0.1, 0.15) is 11.4 Å². The number of ether oxygens (including phenoxy) is 3. The zero-order valence-corrected chi connectivity index (χ0v) is 19.7. The molecule has 3 heteroatoms. The summed E-state index contributed by atoms with van der Waals surface area (Å²) >= 11 is 0. The molecule has 1 saturated heterocycles. The number of fused-ring (bicyclic) bond motifs is 1. The molecule has 2 unspecified atom stereocenters. The quantitative estimate of drug-likeness (QED) is 0.192. The molecule has 0 aliphatic carbocycles. The van der Waals surface area contributed by atoms with E-state index < -0.39 is 0 Å². The summed E-state index contributed by atoms with van der Waals surface area (Å²) in [4.78, 5) is 0. The highest BCUT2D eigenvalue weighted by Crippen LogP contribution is 2.39. The first-order valence-corrected chi connectivity index (χ1v) is 12.6. The van der Waals surface area contributed by atoms with Crippen molar-refractivity contribution >= 4 is 10.8 Å². The lowest BCUT2D eigenvalue weighted by molar-refractivity contribution is 0.0742. The molecule has 1 aliphatic heterocycles. The molecule has 31 heavy (non-hydrogen) atoms. The highest BCUT2D eigenvalue weighted by Gasteiger charge is 2.51. The summed E-state index contributed by atoms with van der Waals surface area (Å²) in [5.41, 5.74) is 0.0437. The van der Waals surface area contributed by atoms with Gasteiger partial charge in [-0.15, -0.1) is 0 Å². The van der Waals surface area contributed by atoms with Crippen LogP contribution in [-0.4, -0.2) is 31.5 Å². The molecule has 0 spiro atoms. The van der Waals surface area contributed by atoms with Crippen molar-refractivity contribution in [1.29, 1.82) is 0 Å². The molecule has 0 saturated carbocycles. The van der Waals surface area contributed by atoms with Crippen LogP contribution in [-0.2, 0) is 9.47 Å². The maximum Gasteiger partial charge on any atom is 0.127 e. The first-order chi connectivity index (χ1) is 15.2. The Balaban J connectivity index is 1.08. The van der Waals surface area contributed by atoms with Crippen molar-refractivity contribution in [2.75, 3.05) is 19.8 Å². The molecule has 0 aromatic heterocycles. The lowest BCUT2D eigenvalue weighted by Crippen LogP contribution is -2.21. The fourth-order valence-electron chi connectivity index (χ4n) is 4.41. The Morgan fingerprint density at radius 2 is 1.35 bits per heavy atom. The van der Waals surface area contributed by atoms with Gasteiger partial charge in [0.2, 0.25) is 0 Å². The van der Waals surface area contributed by atoms with Crippen LogP contribution in [0.5, 0.6) is 5.75 Å². The molecule has 0 radical (unpaired) electrons. The predicted octanol–water partition coefficient (Wildman–Crippen LogP) is 7.70. The first-order valence-electron chi connectivity index (χ1n) is 12.6. The maximum absolute atomic E-state index is 6.04. The Kier molecular flexibility index (Phi) is 10.2. The van der Waals surface area contributed by atoms with E-state index in [0.717, 1.165) is 38.4 Å². The SMILES string of the molecule is CCC1(COCCCCCCCCCCCCOc2cccc3ccccc23)OC1C. The molecule has 3 rings (SSSR count). The lowest BCUT2D eigenvalue weighted by Gasteiger charge is -2.10. The van der Waals surface area contributed by atoms with E-state index in [-0.39, 0.29) is 5.60 Å². The van der Waals surface area contributed by atoms with Crippen molar-refractivity contribution in [3.8, 4) is 5.75 Å². The average Bonchev–Trinajstić information content (AvgIpc) is 3.46. The van der Waals surface area contributed by atoms with Crippen LogP contribution in [0.15, 0.2) is 42.5 Å². The fourth-order valence-corrected chi connectivity index (χ4v) is 4.41. The fraction of sp³-hybridized carbons (Fsp3) is 0.643. The summed E-state index contributed by atoms with van der Waals surface area (Å²) in [6.07, 6.45) is 14.5. The van der Waals surface area contributed by atoms with Gasteiger partial charge in [0.15, 0.2) is 0 Å². The molecule has 2 aromatic carbocycles. The lowest BCUT2D eigenvalue weighted by atomic mass is 10.0. The zero-order valence-electron chi connectivity index (χ0n) is 19.7. The van der Waals surface area contributed by atoms with Gasteiger partial charge < -0.3 is 14.2 Å². The monoisotopic (exact) mass is 426 g/mol. The normalized spacial score (nSPS) is 20.3. The van der Waals surface area contributed by atoms with Crippen molar-refractivity contribution in [3.63, 3.8) is 0 Å². The minimum Gasteiger partial charge on any atom is -0.493 e. The van der Waals surface area contributed by atoms with Crippen LogP contribution < -0.4 is 4.74 Å². The van der Waals surface area contributed by atoms with Gasteiger partial charge in [-0.3, -0.25) is 0 Å². The van der Waals surface area contributed by atoms with Crippen LogP contribution in [0.3, 0.4) is 0 Å². The van der Waals surface area contributed by atoms with Gasteiger partial charge in [-0.2, -0.15) is 0 Å². The van der Waals surface area contributed by atoms with E-state index in [0.29, 0.717) is 6.10 Å². The first kappa shape index (κ1) is 24.1. The molecule has 2 aromatic rings. The van der Waals surface area contributed by atoms with E-state index in [4.69, 9.17) is 14.2 Å². The van der Waals surface area contributed by atoms with Crippen LogP contribution in [0, 0.1) is 0 Å². The van der Waals surface area contributed by atoms with Crippen LogP contribution in [0.1, 0.15) is 84.5 Å². The van der Waals surface area contributed by atoms with Crippen molar-refractivity contribution in [2.24, 2.45) is 0 Å². The smallest absolute Gasteiger partial charge is 0.127 e. The molecule has 0 amide bonds. The Morgan fingerprint density at radius 3 is 2.00 bits per heavy atom. The van der Waals surface area contributed by atoms with Crippen molar-refractivity contribution < 1.29 is 14.2 Å². The second-order valence-electron chi connectivity index (χ2n) is 9.09. The summed E-state index contributed by atoms with van der Waals surface area (Å²) in [5, 5.41) is 2.47. The van der Waals surface area contributed by atoms with Gasteiger partial charge in [-0.25, -0.2) is 0 Å². The molecule has 2 atom stereocenters. The third kappa shape index (κ3) is 7.80. The largest absolute Gasteiger partial charge is 0.493 e. The van der Waals surface area contributed by atoms with E-state index >= 15 is 0 Å². The van der Waals surface area contributed by atoms with Gasteiger partial charge in [0.25, 0.3) is 0 Å². The molecule has 0 bridgehead atoms. The molecular formula is C28H42O3. The van der Waals surface area contributed by atoms with Crippen molar-refractivity contribution in [2.45, 2.75) is 96.2 Å². The molecular weight excluding hydrogens is 384 g/mol. The number of hydrogen-bond acceptors (Lipinski definition) is 3. The van der Waals surface area contributed by atoms with E-state index in [1.807, 2.05) is 0 Å². The minimum absolute atomic E-state index is 0.0437. The van der Waals surface area contributed by atoms with E-state index in [1.54, 1.807) is 0 Å². The van der Waals surface area contributed by atoms with Gasteiger partial charge in [0.05, 0.1) is 19.3 Å². The third-order valence-electron chi connectivity index (χ3n) is 6.73. The standard InChI is InChI=1S/C28H42O3/c1-3-28(24(2)31-28)23-29-21-14-10-8-6-4-5-7-9-11-15-22-30-27-20-16-18-25-17-12-13-19-26(25)27/h12-13,16-20,24H,3-11,14-15,21-23H2,1-2H3. The van der Waals surface area contributed by atoms with Gasteiger partial charge in [-0.05, 0) is 37.6 Å². The zero-order chi connectivity index (χ0) is 21.8. The Labute approximate surface area is 189 Å². The number of hydrogen-bond donors (Lipinski definition) is 0. The highest BCUT2D eigenvalue weighted by atomic mass is 16.6. The topological polar surface area (TPSA) is 31.0 Å². The maximum atomic E-state index is 6.04. The predicted molar refractivity (Wildman–Crippen MR) is 130 cm³/mol. The summed E-state index contributed by atoms with van der Waals surface area (Å²) in [5.74, 6) is 1.02. The van der Waals surface area contributed by atoms with E-state index in [1.165, 1.54) is 68.6 Å². The van der Waals surface area contributed by atoms with Crippen molar-refractivity contribution in [1.82, 2.24) is 0 Å². The van der Waals surface area contributed by atoms with E-state index in [2.05, 4.69) is 56.3 Å². The summed E-state index contributed by atoms with van der Waals surface area (Å²) in [6, 6.07) is 14.7. The van der Waals surface area contributed by atoms with Crippen LogP contribution in [0.2, 0.25) is 0 Å². The highest BCUT2D eigenvalue weighted by molar-refractivity contribution is 5.88. The molecule has 1 heterocycles. The molecule has 1 fully saturated rings. The van der Waals surface area contributed by atoms with Crippen LogP contribution in [0.25, 0.3) is 10.8 Å². The summed E-state index contributed by atoms with van der Waals surface area (Å²) in [7, 11) is 0. The minimum atomic E-state index is 0.0437. The summed E-state index contributed by atoms with van der Waals surface area (Å²) in [6.45, 7) is 6.82. The van der Waals surface area contributed by atoms with Gasteiger partial charge >= 0.3 is 0 Å². The number of benzene rings is 2. The summed E-state index contributed by atoms with van der Waals surface area (Å²) < 4.78 is 17.5. The Hall–Kier alpha value is -1.58. The number of rotatable bonds is 17. The number of epoxide rings is 1. The van der Waals surface area contributed by atoms with Crippen LogP contribution in [0.4, 0.5) is 0 Å². The molecule has 0 N–H and O–H groups in total. The number of unbranched alkanes of at least 4 members (excludes halogenated alkanes) is 9. The third-order valence-corrected chi connectivity index (χ3v) is 6.73. The Bertz CT molecular complexity index is 750. The molecule has 172 valence electrons. The Morgan fingerprint density at radius 1 is 0.774 bits per heavy atom. The van der Waals surface area contributed by atoms with Crippen molar-refractivity contribution in [3.05, 3.63) is 42.5 Å². The average molecular weight is 427 g/mol. The molecule has 1 aliphatic rings. The van der Waals surface area contributed by atoms with Crippen LogP contribution >= 0.6 is 0 Å². The van der Waals surface area contributed by atoms with Gasteiger partial charge in [0, 0.05) is 12.0 Å². The molecule has 3 nitrogen and oxygen atoms in total. The van der Waals surface area contributed by atoms with E-state index in [9.17, 15) is 0 Å².